The molecule has 2 aromatic heterocycles. The molecule has 14 nitrogen and oxygen atoms in total. The number of ether oxygens (including phenoxy) is 2. The molecule has 1 saturated heterocycles. The van der Waals surface area contributed by atoms with Crippen LogP contribution in [-0.2, 0) is 23.4 Å². The summed E-state index contributed by atoms with van der Waals surface area (Å²) in [6, 6.07) is 7.29. The summed E-state index contributed by atoms with van der Waals surface area (Å²) < 4.78 is 37.7. The smallest absolute Gasteiger partial charge is 0.459 e. The summed E-state index contributed by atoms with van der Waals surface area (Å²) >= 11 is 0. The lowest BCUT2D eigenvalue weighted by atomic mass is 9.87. The number of fused-ring (bicyclic) bond motifs is 1. The molecule has 0 aliphatic carbocycles. The second-order valence-corrected chi connectivity index (χ2v) is 11.2. The van der Waals surface area contributed by atoms with Gasteiger partial charge in [0.2, 0.25) is 5.95 Å². The highest BCUT2D eigenvalue weighted by Crippen LogP contribution is 2.47. The molecule has 1 aliphatic rings. The fourth-order valence-electron chi connectivity index (χ4n) is 4.03. The van der Waals surface area contributed by atoms with Gasteiger partial charge in [0.25, 0.3) is 0 Å². The number of nitrogens with one attached hydrogen (secondary N) is 1. The number of hydrogen-bond donors (Lipinski definition) is 4. The topological polar surface area (TPSA) is 198 Å². The van der Waals surface area contributed by atoms with Gasteiger partial charge in [-0.05, 0) is 39.8 Å². The number of nitrogen functional groups attached to an aromatic ring is 1. The van der Waals surface area contributed by atoms with Crippen LogP contribution in [0.5, 0.6) is 5.75 Å². The molecule has 0 saturated carbocycles. The van der Waals surface area contributed by atoms with Crippen LogP contribution in [0.4, 0.5) is 5.95 Å². The summed E-state index contributed by atoms with van der Waals surface area (Å²) in [5.74, 6) is -0.277. The Kier molecular flexibility index (Phi) is 8.02. The van der Waals surface area contributed by atoms with Crippen LogP contribution in [0.15, 0.2) is 42.9 Å². The summed E-state index contributed by atoms with van der Waals surface area (Å²) in [7, 11) is -4.18. The van der Waals surface area contributed by atoms with Crippen molar-refractivity contribution < 1.29 is 33.0 Å². The Balaban J connectivity index is 1.54. The van der Waals surface area contributed by atoms with Gasteiger partial charge in [-0.25, -0.2) is 14.5 Å². The summed E-state index contributed by atoms with van der Waals surface area (Å²) in [5.41, 5.74) is 11.9. The molecular formula is C23H32N7O7P. The van der Waals surface area contributed by atoms with Crippen LogP contribution in [0.2, 0.25) is 0 Å². The van der Waals surface area contributed by atoms with Crippen LogP contribution in [0, 0.1) is 0 Å². The number of carbonyl (C=O) groups is 1. The van der Waals surface area contributed by atoms with E-state index in [0.717, 1.165) is 0 Å². The largest absolute Gasteiger partial charge is 0.462 e. The Morgan fingerprint density at radius 3 is 2.68 bits per heavy atom. The van der Waals surface area contributed by atoms with Crippen LogP contribution in [0.3, 0.4) is 0 Å². The van der Waals surface area contributed by atoms with E-state index in [4.69, 9.17) is 30.0 Å². The SMILES string of the molecule is CC(C)OC(=O)[C@H](C)N[P@@](=O)(OC[C@H]1O[C@@H](c2cnn3c(N)ncnc23)[C@](C)(N)[C@@H]1O)Oc1ccccc1. The maximum absolute atomic E-state index is 13.8. The zero-order valence-corrected chi connectivity index (χ0v) is 22.3. The predicted octanol–water partition coefficient (Wildman–Crippen LogP) is 1.36. The van der Waals surface area contributed by atoms with Crippen LogP contribution in [0.1, 0.15) is 39.4 Å². The van der Waals surface area contributed by atoms with Gasteiger partial charge in [0.05, 0.1) is 24.4 Å². The molecule has 0 unspecified atom stereocenters. The standard InChI is InChI=1S/C23H32N7O7P/c1-13(2)35-21(32)14(3)29-38(33,37-15-8-6-5-7-9-15)34-11-17-18(31)23(4,25)19(36-17)16-10-28-30-20(16)26-12-27-22(30)24/h5-10,12-14,17-19,31H,11,25H2,1-4H3,(H,29,33)(H2,24,26,27)/t14-,17+,18+,19-,23+,38+/m0/s1. The van der Waals surface area contributed by atoms with Crippen LogP contribution in [0.25, 0.3) is 5.65 Å². The van der Waals surface area contributed by atoms with Crippen molar-refractivity contribution in [2.75, 3.05) is 12.3 Å². The third kappa shape index (κ3) is 5.80. The number of esters is 1. The Hall–Kier alpha value is -3.13. The van der Waals surface area contributed by atoms with E-state index in [2.05, 4.69) is 20.2 Å². The number of nitrogens with two attached hydrogens (primary N) is 2. The summed E-state index contributed by atoms with van der Waals surface area (Å²) in [6.07, 6.45) is -0.723. The van der Waals surface area contributed by atoms with Crippen LogP contribution in [-0.4, -0.2) is 67.2 Å². The predicted molar refractivity (Wildman–Crippen MR) is 136 cm³/mol. The summed E-state index contributed by atoms with van der Waals surface area (Å²) in [4.78, 5) is 20.5. The lowest BCUT2D eigenvalue weighted by molar-refractivity contribution is -0.149. The lowest BCUT2D eigenvalue weighted by Gasteiger charge is -2.27. The number of benzene rings is 1. The van der Waals surface area contributed by atoms with Gasteiger partial charge in [-0.2, -0.15) is 14.7 Å². The number of anilines is 1. The van der Waals surface area contributed by atoms with Gasteiger partial charge >= 0.3 is 13.7 Å². The minimum absolute atomic E-state index is 0.119. The van der Waals surface area contributed by atoms with Crippen molar-refractivity contribution in [2.45, 2.75) is 63.7 Å². The molecule has 15 heteroatoms. The fraction of sp³-hybridized carbons (Fsp3) is 0.478. The number of aromatic nitrogens is 4. The molecule has 3 heterocycles. The molecule has 4 rings (SSSR count). The number of rotatable bonds is 10. The maximum atomic E-state index is 13.8. The molecule has 206 valence electrons. The first kappa shape index (κ1) is 27.9. The molecule has 1 aromatic carbocycles. The van der Waals surface area contributed by atoms with E-state index in [-0.39, 0.29) is 24.4 Å². The molecule has 1 aliphatic heterocycles. The van der Waals surface area contributed by atoms with Crippen LogP contribution >= 0.6 is 7.75 Å². The summed E-state index contributed by atoms with van der Waals surface area (Å²) in [5, 5.41) is 17.8. The Morgan fingerprint density at radius 2 is 2.00 bits per heavy atom. The van der Waals surface area contributed by atoms with Crippen molar-refractivity contribution in [1.29, 1.82) is 0 Å². The van der Waals surface area contributed by atoms with E-state index >= 15 is 0 Å². The summed E-state index contributed by atoms with van der Waals surface area (Å²) in [6.45, 7) is 6.10. The fourth-order valence-corrected chi connectivity index (χ4v) is 5.53. The number of para-hydroxylation sites is 1. The average molecular weight is 550 g/mol. The highest BCUT2D eigenvalue weighted by molar-refractivity contribution is 7.52. The second-order valence-electron chi connectivity index (χ2n) is 9.47. The first-order valence-corrected chi connectivity index (χ1v) is 13.5. The first-order valence-electron chi connectivity index (χ1n) is 12.0. The second kappa shape index (κ2) is 10.9. The van der Waals surface area contributed by atoms with E-state index in [1.165, 1.54) is 24.0 Å². The highest BCUT2D eigenvalue weighted by atomic mass is 31.2. The molecule has 3 aromatic rings. The Bertz CT molecular complexity index is 1320. The number of carbonyl (C=O) groups excluding carboxylic acids is 1. The van der Waals surface area contributed by atoms with Gasteiger partial charge in [0.15, 0.2) is 5.65 Å². The van der Waals surface area contributed by atoms with Crippen molar-refractivity contribution in [3.63, 3.8) is 0 Å². The zero-order valence-electron chi connectivity index (χ0n) is 21.4. The average Bonchev–Trinajstić information content (AvgIpc) is 3.37. The zero-order chi connectivity index (χ0) is 27.7. The van der Waals surface area contributed by atoms with Gasteiger partial charge in [0, 0.05) is 5.56 Å². The number of aliphatic hydroxyl groups is 1. The molecular weight excluding hydrogens is 517 g/mol. The minimum Gasteiger partial charge on any atom is -0.462 e. The van der Waals surface area contributed by atoms with E-state index < -0.39 is 43.6 Å². The highest BCUT2D eigenvalue weighted by Gasteiger charge is 2.53. The number of nitrogens with zero attached hydrogens (tertiary/aromatic N) is 4. The van der Waals surface area contributed by atoms with Gasteiger partial charge in [-0.3, -0.25) is 9.32 Å². The van der Waals surface area contributed by atoms with E-state index in [0.29, 0.717) is 11.2 Å². The maximum Gasteiger partial charge on any atom is 0.459 e. The third-order valence-corrected chi connectivity index (χ3v) is 7.58. The molecule has 0 radical (unpaired) electrons. The number of aliphatic hydroxyl groups excluding tert-OH is 1. The normalized spacial score (nSPS) is 25.8. The Morgan fingerprint density at radius 1 is 1.29 bits per heavy atom. The Labute approximate surface area is 219 Å². The van der Waals surface area contributed by atoms with Crippen molar-refractivity contribution in [3.8, 4) is 5.75 Å². The monoisotopic (exact) mass is 549 g/mol. The molecule has 0 bridgehead atoms. The van der Waals surface area contributed by atoms with Gasteiger partial charge in [-0.1, -0.05) is 18.2 Å². The van der Waals surface area contributed by atoms with E-state index in [1.807, 2.05) is 0 Å². The van der Waals surface area contributed by atoms with Crippen molar-refractivity contribution in [1.82, 2.24) is 24.7 Å². The molecule has 0 amide bonds. The van der Waals surface area contributed by atoms with Crippen LogP contribution < -0.4 is 21.1 Å². The van der Waals surface area contributed by atoms with Gasteiger partial charge in [0.1, 0.15) is 36.4 Å². The molecule has 0 spiro atoms. The molecule has 1 fully saturated rings. The van der Waals surface area contributed by atoms with Crippen molar-refractivity contribution >= 4 is 25.3 Å². The third-order valence-electron chi connectivity index (χ3n) is 5.94. The minimum atomic E-state index is -4.18. The quantitative estimate of drug-likeness (QED) is 0.209. The van der Waals surface area contributed by atoms with Crippen molar-refractivity contribution in [3.05, 3.63) is 48.4 Å². The van der Waals surface area contributed by atoms with E-state index in [1.54, 1.807) is 51.1 Å². The molecule has 6 atom stereocenters. The lowest BCUT2D eigenvalue weighted by Crippen LogP contribution is -2.51. The van der Waals surface area contributed by atoms with Gasteiger partial charge < -0.3 is 30.6 Å². The first-order chi connectivity index (χ1) is 17.9. The van der Waals surface area contributed by atoms with Gasteiger partial charge in [-0.15, -0.1) is 0 Å². The number of hydrogen-bond acceptors (Lipinski definition) is 12. The molecule has 38 heavy (non-hydrogen) atoms. The van der Waals surface area contributed by atoms with Crippen molar-refractivity contribution in [2.24, 2.45) is 5.73 Å². The van der Waals surface area contributed by atoms with E-state index in [9.17, 15) is 14.5 Å². The molecule has 6 N–H and O–H groups in total.